The number of methoxy groups -OCH3 is 2. The molecule has 0 aliphatic carbocycles. The summed E-state index contributed by atoms with van der Waals surface area (Å²) >= 11 is 6.22. The van der Waals surface area contributed by atoms with Crippen molar-refractivity contribution in [3.63, 3.8) is 0 Å². The Hall–Kier alpha value is -2.98. The van der Waals surface area contributed by atoms with Crippen LogP contribution in [0.15, 0.2) is 18.2 Å². The molecule has 2 aromatic rings. The molecule has 1 aromatic heterocycles. The Morgan fingerprint density at radius 1 is 0.939 bits per heavy atom. The zero-order chi connectivity index (χ0) is 23.4. The topological polar surface area (TPSA) is 92.3 Å². The van der Waals surface area contributed by atoms with Gasteiger partial charge in [0.15, 0.2) is 0 Å². The number of carbonyl (C=O) groups is 1. The number of nitrogens with zero attached hydrogens (tertiary/aromatic N) is 5. The molecule has 3 heterocycles. The summed E-state index contributed by atoms with van der Waals surface area (Å²) in [6, 6.07) is 5.10. The number of rotatable bonds is 5. The number of piperazine rings is 1. The molecule has 33 heavy (non-hydrogen) atoms. The minimum atomic E-state index is -0.206. The highest BCUT2D eigenvalue weighted by molar-refractivity contribution is 6.32. The number of halogens is 1. The van der Waals surface area contributed by atoms with E-state index in [0.29, 0.717) is 61.6 Å². The maximum Gasteiger partial charge on any atom is 0.322 e. The zero-order valence-electron chi connectivity index (χ0n) is 19.1. The van der Waals surface area contributed by atoms with E-state index in [0.717, 1.165) is 30.5 Å². The molecule has 0 unspecified atom stereocenters. The third-order valence-corrected chi connectivity index (χ3v) is 6.05. The fraction of sp³-hybridized carbons (Fsp3) is 0.500. The van der Waals surface area contributed by atoms with E-state index in [1.54, 1.807) is 17.0 Å². The maximum atomic E-state index is 12.9. The monoisotopic (exact) mass is 476 g/mol. The Labute approximate surface area is 198 Å². The van der Waals surface area contributed by atoms with Crippen LogP contribution >= 0.6 is 11.6 Å². The summed E-state index contributed by atoms with van der Waals surface area (Å²) < 4.78 is 16.0. The highest BCUT2D eigenvalue weighted by atomic mass is 35.5. The third kappa shape index (κ3) is 5.33. The summed E-state index contributed by atoms with van der Waals surface area (Å²) in [5.74, 6) is 3.50. The molecular weight excluding hydrogens is 448 g/mol. The number of anilines is 3. The van der Waals surface area contributed by atoms with Crippen LogP contribution in [0.1, 0.15) is 5.82 Å². The molecule has 2 aliphatic rings. The number of hydrogen-bond donors (Lipinski definition) is 1. The molecule has 0 radical (unpaired) electrons. The van der Waals surface area contributed by atoms with Crippen LogP contribution in [0.2, 0.25) is 5.02 Å². The van der Waals surface area contributed by atoms with Crippen molar-refractivity contribution in [2.45, 2.75) is 6.92 Å². The normalized spacial score (nSPS) is 16.5. The number of ether oxygens (including phenoxy) is 3. The van der Waals surface area contributed by atoms with E-state index in [4.69, 9.17) is 25.8 Å². The fourth-order valence-corrected chi connectivity index (χ4v) is 4.18. The van der Waals surface area contributed by atoms with Crippen LogP contribution in [0.3, 0.4) is 0 Å². The lowest BCUT2D eigenvalue weighted by molar-refractivity contribution is 0.122. The van der Waals surface area contributed by atoms with Gasteiger partial charge in [0.05, 0.1) is 38.1 Å². The quantitative estimate of drug-likeness (QED) is 0.704. The van der Waals surface area contributed by atoms with Crippen molar-refractivity contribution in [1.82, 2.24) is 14.9 Å². The van der Waals surface area contributed by atoms with Gasteiger partial charge in [-0.3, -0.25) is 0 Å². The van der Waals surface area contributed by atoms with Crippen LogP contribution in [0.4, 0.5) is 22.1 Å². The highest BCUT2D eigenvalue weighted by Crippen LogP contribution is 2.36. The molecule has 178 valence electrons. The van der Waals surface area contributed by atoms with Crippen LogP contribution in [0, 0.1) is 6.92 Å². The van der Waals surface area contributed by atoms with Gasteiger partial charge in [-0.2, -0.15) is 0 Å². The predicted octanol–water partition coefficient (Wildman–Crippen LogP) is 2.65. The van der Waals surface area contributed by atoms with Gasteiger partial charge < -0.3 is 34.2 Å². The van der Waals surface area contributed by atoms with Gasteiger partial charge in [0.1, 0.15) is 29.0 Å². The summed E-state index contributed by atoms with van der Waals surface area (Å²) in [6.07, 6.45) is 0. The maximum absolute atomic E-state index is 12.9. The first-order chi connectivity index (χ1) is 16.0. The Morgan fingerprint density at radius 2 is 1.55 bits per heavy atom. The van der Waals surface area contributed by atoms with Gasteiger partial charge in [-0.05, 0) is 13.0 Å². The smallest absolute Gasteiger partial charge is 0.322 e. The Bertz CT molecular complexity index is 993. The number of aromatic nitrogens is 2. The zero-order valence-corrected chi connectivity index (χ0v) is 19.9. The van der Waals surface area contributed by atoms with Crippen LogP contribution in [0.25, 0.3) is 0 Å². The number of urea groups is 1. The van der Waals surface area contributed by atoms with E-state index in [9.17, 15) is 4.79 Å². The third-order valence-electron chi connectivity index (χ3n) is 5.75. The minimum Gasteiger partial charge on any atom is -0.495 e. The Kier molecular flexibility index (Phi) is 7.24. The molecule has 2 amide bonds. The van der Waals surface area contributed by atoms with Crippen LogP contribution in [0.5, 0.6) is 11.5 Å². The lowest BCUT2D eigenvalue weighted by Crippen LogP contribution is -2.50. The Balaban J connectivity index is 1.39. The summed E-state index contributed by atoms with van der Waals surface area (Å²) in [5.41, 5.74) is 0.498. The second-order valence-electron chi connectivity index (χ2n) is 7.82. The summed E-state index contributed by atoms with van der Waals surface area (Å²) in [6.45, 7) is 7.43. The van der Waals surface area contributed by atoms with E-state index in [1.165, 1.54) is 14.2 Å². The fourth-order valence-electron chi connectivity index (χ4n) is 3.94. The van der Waals surface area contributed by atoms with E-state index in [-0.39, 0.29) is 6.03 Å². The number of amides is 2. The molecule has 2 saturated heterocycles. The van der Waals surface area contributed by atoms with Crippen molar-refractivity contribution in [2.75, 3.05) is 81.8 Å². The van der Waals surface area contributed by atoms with Gasteiger partial charge in [0.25, 0.3) is 0 Å². The molecular formula is C22H29ClN6O4. The van der Waals surface area contributed by atoms with Crippen molar-refractivity contribution in [2.24, 2.45) is 0 Å². The average Bonchev–Trinajstić information content (AvgIpc) is 2.84. The Morgan fingerprint density at radius 3 is 2.15 bits per heavy atom. The van der Waals surface area contributed by atoms with Crippen molar-refractivity contribution in [3.05, 3.63) is 29.0 Å². The summed E-state index contributed by atoms with van der Waals surface area (Å²) in [7, 11) is 3.06. The van der Waals surface area contributed by atoms with Gasteiger partial charge >= 0.3 is 6.03 Å². The second kappa shape index (κ2) is 10.3. The molecule has 2 aliphatic heterocycles. The average molecular weight is 477 g/mol. The number of nitrogens with one attached hydrogen (secondary N) is 1. The lowest BCUT2D eigenvalue weighted by Gasteiger charge is -2.36. The van der Waals surface area contributed by atoms with E-state index in [2.05, 4.69) is 25.1 Å². The molecule has 2 fully saturated rings. The first-order valence-corrected chi connectivity index (χ1v) is 11.3. The number of carbonyl (C=O) groups excluding carboxylic acids is 1. The predicted molar refractivity (Wildman–Crippen MR) is 127 cm³/mol. The van der Waals surface area contributed by atoms with Crippen molar-refractivity contribution in [1.29, 1.82) is 0 Å². The molecule has 11 heteroatoms. The number of hydrogen-bond acceptors (Lipinski definition) is 8. The summed E-state index contributed by atoms with van der Waals surface area (Å²) in [5, 5.41) is 3.30. The van der Waals surface area contributed by atoms with Crippen molar-refractivity contribution >= 4 is 35.0 Å². The van der Waals surface area contributed by atoms with Gasteiger partial charge in [-0.25, -0.2) is 14.8 Å². The standard InChI is InChI=1S/C22H29ClN6O4/c1-15-24-20(14-21(25-15)28-8-10-33-11-9-28)27-4-6-29(7-5-27)22(30)26-17-12-16(23)18(31-2)13-19(17)32-3/h12-14H,4-11H2,1-3H3,(H,26,30). The first-order valence-electron chi connectivity index (χ1n) is 10.9. The van der Waals surface area contributed by atoms with Crippen molar-refractivity contribution < 1.29 is 19.0 Å². The van der Waals surface area contributed by atoms with Gasteiger partial charge in [-0.15, -0.1) is 0 Å². The van der Waals surface area contributed by atoms with Crippen LogP contribution in [-0.4, -0.2) is 87.6 Å². The van der Waals surface area contributed by atoms with Crippen LogP contribution < -0.4 is 24.6 Å². The minimum absolute atomic E-state index is 0.206. The van der Waals surface area contributed by atoms with E-state index >= 15 is 0 Å². The highest BCUT2D eigenvalue weighted by Gasteiger charge is 2.24. The van der Waals surface area contributed by atoms with Gasteiger partial charge in [-0.1, -0.05) is 11.6 Å². The van der Waals surface area contributed by atoms with Crippen LogP contribution in [-0.2, 0) is 4.74 Å². The van der Waals surface area contributed by atoms with E-state index in [1.807, 2.05) is 13.0 Å². The number of aryl methyl sites for hydroxylation is 1. The largest absolute Gasteiger partial charge is 0.495 e. The molecule has 4 rings (SSSR count). The molecule has 0 saturated carbocycles. The molecule has 0 spiro atoms. The number of benzene rings is 1. The van der Waals surface area contributed by atoms with Gasteiger partial charge in [0.2, 0.25) is 0 Å². The lowest BCUT2D eigenvalue weighted by atomic mass is 10.2. The molecule has 1 N–H and O–H groups in total. The molecule has 1 aromatic carbocycles. The second-order valence-corrected chi connectivity index (χ2v) is 8.23. The molecule has 0 bridgehead atoms. The van der Waals surface area contributed by atoms with Gasteiger partial charge in [0, 0.05) is 51.4 Å². The molecule has 10 nitrogen and oxygen atoms in total. The van der Waals surface area contributed by atoms with Crippen molar-refractivity contribution in [3.8, 4) is 11.5 Å². The molecule has 0 atom stereocenters. The number of morpholine rings is 1. The summed E-state index contributed by atoms with van der Waals surface area (Å²) in [4.78, 5) is 28.3. The van der Waals surface area contributed by atoms with E-state index < -0.39 is 0 Å². The first kappa shape index (κ1) is 23.2. The SMILES string of the molecule is COc1cc(OC)c(NC(=O)N2CCN(c3cc(N4CCOCC4)nc(C)n3)CC2)cc1Cl.